The second-order valence-corrected chi connectivity index (χ2v) is 5.96. The van der Waals surface area contributed by atoms with Crippen molar-refractivity contribution >= 4 is 15.9 Å². The summed E-state index contributed by atoms with van der Waals surface area (Å²) < 4.78 is 6.89. The normalized spacial score (nSPS) is 10.8. The number of hydrogen-bond donors (Lipinski definition) is 1. The quantitative estimate of drug-likeness (QED) is 0.867. The third-order valence-electron chi connectivity index (χ3n) is 3.34. The highest BCUT2D eigenvalue weighted by Crippen LogP contribution is 2.29. The molecule has 0 aliphatic heterocycles. The van der Waals surface area contributed by atoms with Crippen LogP contribution < -0.4 is 10.5 Å². The molecule has 2 aromatic carbocycles. The second kappa shape index (κ2) is 6.91. The number of benzene rings is 2. The van der Waals surface area contributed by atoms with Crippen LogP contribution in [-0.4, -0.2) is 0 Å². The van der Waals surface area contributed by atoms with Gasteiger partial charge >= 0.3 is 0 Å². The van der Waals surface area contributed by atoms with E-state index in [0.717, 1.165) is 21.3 Å². The highest BCUT2D eigenvalue weighted by Gasteiger charge is 2.07. The van der Waals surface area contributed by atoms with Gasteiger partial charge in [0.15, 0.2) is 0 Å². The average Bonchev–Trinajstić information content (AvgIpc) is 2.46. The lowest BCUT2D eigenvalue weighted by atomic mass is 10.0. The Morgan fingerprint density at radius 3 is 2.40 bits per heavy atom. The molecule has 0 aromatic heterocycles. The lowest BCUT2D eigenvalue weighted by Crippen LogP contribution is -2.04. The summed E-state index contributed by atoms with van der Waals surface area (Å²) in [6.45, 7) is 5.43. The molecule has 3 heteroatoms. The van der Waals surface area contributed by atoms with E-state index in [9.17, 15) is 0 Å². The van der Waals surface area contributed by atoms with Gasteiger partial charge in [-0.05, 0) is 50.7 Å². The van der Waals surface area contributed by atoms with E-state index in [4.69, 9.17) is 10.5 Å². The van der Waals surface area contributed by atoms with Crippen LogP contribution in [0.2, 0.25) is 0 Å². The summed E-state index contributed by atoms with van der Waals surface area (Å²) in [5.74, 6) is 1.37. The summed E-state index contributed by atoms with van der Waals surface area (Å²) in [5.41, 5.74) is 9.30. The smallest absolute Gasteiger partial charge is 0.134 e. The Morgan fingerprint density at radius 2 is 1.80 bits per heavy atom. The second-order valence-electron chi connectivity index (χ2n) is 5.11. The monoisotopic (exact) mass is 333 g/mol. The van der Waals surface area contributed by atoms with Gasteiger partial charge in [0.1, 0.15) is 12.4 Å². The van der Waals surface area contributed by atoms with Crippen molar-refractivity contribution < 1.29 is 4.74 Å². The minimum Gasteiger partial charge on any atom is -0.488 e. The first kappa shape index (κ1) is 15.1. The van der Waals surface area contributed by atoms with Gasteiger partial charge < -0.3 is 10.5 Å². The van der Waals surface area contributed by atoms with Crippen molar-refractivity contribution in [2.24, 2.45) is 5.73 Å². The molecule has 0 heterocycles. The number of nitrogens with two attached hydrogens (primary N) is 1. The summed E-state index contributed by atoms with van der Waals surface area (Å²) in [6.07, 6.45) is 0. The highest BCUT2D eigenvalue weighted by atomic mass is 79.9. The molecule has 0 bridgehead atoms. The molecule has 2 N–H and O–H groups in total. The lowest BCUT2D eigenvalue weighted by Gasteiger charge is -2.13. The molecule has 2 aromatic rings. The Morgan fingerprint density at radius 1 is 1.10 bits per heavy atom. The Bertz CT molecular complexity index is 581. The molecule has 0 radical (unpaired) electrons. The highest BCUT2D eigenvalue weighted by molar-refractivity contribution is 9.10. The molecule has 2 rings (SSSR count). The molecule has 0 aliphatic carbocycles. The molecule has 20 heavy (non-hydrogen) atoms. The molecular weight excluding hydrogens is 314 g/mol. The maximum atomic E-state index is 5.90. The molecule has 0 fully saturated rings. The van der Waals surface area contributed by atoms with Crippen LogP contribution in [0.4, 0.5) is 0 Å². The van der Waals surface area contributed by atoms with Gasteiger partial charge in [0, 0.05) is 6.54 Å². The molecular formula is C17H20BrNO. The Hall–Kier alpha value is -1.32. The van der Waals surface area contributed by atoms with Crippen LogP contribution in [0.5, 0.6) is 5.75 Å². The van der Waals surface area contributed by atoms with E-state index in [0.29, 0.717) is 19.1 Å². The Labute approximate surface area is 129 Å². The molecule has 0 saturated carbocycles. The molecule has 0 aliphatic rings. The van der Waals surface area contributed by atoms with Crippen LogP contribution in [0.25, 0.3) is 0 Å². The summed E-state index contributed by atoms with van der Waals surface area (Å²) in [7, 11) is 0. The van der Waals surface area contributed by atoms with E-state index in [2.05, 4.69) is 48.0 Å². The molecule has 0 atom stereocenters. The topological polar surface area (TPSA) is 35.2 Å². The zero-order valence-corrected chi connectivity index (χ0v) is 13.5. The van der Waals surface area contributed by atoms with E-state index in [1.54, 1.807) is 0 Å². The van der Waals surface area contributed by atoms with Gasteiger partial charge in [0.25, 0.3) is 0 Å². The predicted octanol–water partition coefficient (Wildman–Crippen LogP) is 4.61. The van der Waals surface area contributed by atoms with Gasteiger partial charge in [-0.3, -0.25) is 0 Å². The maximum absolute atomic E-state index is 5.90. The summed E-state index contributed by atoms with van der Waals surface area (Å²) in [4.78, 5) is 0. The van der Waals surface area contributed by atoms with Crippen molar-refractivity contribution in [1.82, 2.24) is 0 Å². The van der Waals surface area contributed by atoms with Crippen LogP contribution in [0.3, 0.4) is 0 Å². The van der Waals surface area contributed by atoms with Crippen molar-refractivity contribution in [2.75, 3.05) is 0 Å². The molecule has 0 saturated heterocycles. The first-order chi connectivity index (χ1) is 9.61. The fourth-order valence-corrected chi connectivity index (χ4v) is 2.56. The van der Waals surface area contributed by atoms with Crippen molar-refractivity contribution in [3.8, 4) is 5.75 Å². The third kappa shape index (κ3) is 3.62. The Balaban J connectivity index is 2.11. The number of ether oxygens (including phenoxy) is 1. The number of rotatable bonds is 5. The van der Waals surface area contributed by atoms with Gasteiger partial charge in [0.05, 0.1) is 4.47 Å². The summed E-state index contributed by atoms with van der Waals surface area (Å²) >= 11 is 3.57. The van der Waals surface area contributed by atoms with Gasteiger partial charge in [0.2, 0.25) is 0 Å². The number of hydrogen-bond acceptors (Lipinski definition) is 2. The first-order valence-electron chi connectivity index (χ1n) is 6.81. The average molecular weight is 334 g/mol. The van der Waals surface area contributed by atoms with Crippen molar-refractivity contribution in [3.05, 3.63) is 63.6 Å². The van der Waals surface area contributed by atoms with Crippen molar-refractivity contribution in [1.29, 1.82) is 0 Å². The molecule has 2 nitrogen and oxygen atoms in total. The largest absolute Gasteiger partial charge is 0.488 e. The van der Waals surface area contributed by atoms with E-state index in [-0.39, 0.29) is 0 Å². The lowest BCUT2D eigenvalue weighted by molar-refractivity contribution is 0.303. The van der Waals surface area contributed by atoms with Crippen LogP contribution in [-0.2, 0) is 13.2 Å². The standard InChI is InChI=1S/C17H20BrNO/c1-12(2)13-7-8-17(16(18)9-13)20-11-15-6-4-3-5-14(15)10-19/h3-9,12H,10-11,19H2,1-2H3. The maximum Gasteiger partial charge on any atom is 0.134 e. The zero-order valence-electron chi connectivity index (χ0n) is 11.9. The van der Waals surface area contributed by atoms with Crippen molar-refractivity contribution in [3.63, 3.8) is 0 Å². The zero-order chi connectivity index (χ0) is 14.5. The van der Waals surface area contributed by atoms with E-state index >= 15 is 0 Å². The Kier molecular flexibility index (Phi) is 5.21. The van der Waals surface area contributed by atoms with Crippen LogP contribution >= 0.6 is 15.9 Å². The van der Waals surface area contributed by atoms with Gasteiger partial charge in [-0.15, -0.1) is 0 Å². The van der Waals surface area contributed by atoms with E-state index in [1.165, 1.54) is 5.56 Å². The van der Waals surface area contributed by atoms with Crippen LogP contribution in [0, 0.1) is 0 Å². The van der Waals surface area contributed by atoms with Gasteiger partial charge in [-0.2, -0.15) is 0 Å². The third-order valence-corrected chi connectivity index (χ3v) is 3.96. The minimum atomic E-state index is 0.512. The molecule has 0 spiro atoms. The summed E-state index contributed by atoms with van der Waals surface area (Å²) in [6, 6.07) is 14.3. The van der Waals surface area contributed by atoms with Gasteiger partial charge in [-0.25, -0.2) is 0 Å². The number of halogens is 1. The fraction of sp³-hybridized carbons (Fsp3) is 0.294. The molecule has 106 valence electrons. The fourth-order valence-electron chi connectivity index (χ4n) is 2.05. The van der Waals surface area contributed by atoms with Crippen LogP contribution in [0.15, 0.2) is 46.9 Å². The van der Waals surface area contributed by atoms with Gasteiger partial charge in [-0.1, -0.05) is 44.2 Å². The van der Waals surface area contributed by atoms with Crippen molar-refractivity contribution in [2.45, 2.75) is 32.9 Å². The van der Waals surface area contributed by atoms with Crippen LogP contribution in [0.1, 0.15) is 36.5 Å². The molecule has 0 amide bonds. The first-order valence-corrected chi connectivity index (χ1v) is 7.60. The minimum absolute atomic E-state index is 0.512. The van der Waals surface area contributed by atoms with E-state index in [1.807, 2.05) is 24.3 Å². The predicted molar refractivity (Wildman–Crippen MR) is 86.9 cm³/mol. The molecule has 0 unspecified atom stereocenters. The van der Waals surface area contributed by atoms with E-state index < -0.39 is 0 Å². The SMILES string of the molecule is CC(C)c1ccc(OCc2ccccc2CN)c(Br)c1. The summed E-state index contributed by atoms with van der Waals surface area (Å²) in [5, 5.41) is 0.